The highest BCUT2D eigenvalue weighted by Gasteiger charge is 2.17. The summed E-state index contributed by atoms with van der Waals surface area (Å²) in [6, 6.07) is 19.3. The van der Waals surface area contributed by atoms with Crippen molar-refractivity contribution in [1.82, 2.24) is 5.32 Å². The van der Waals surface area contributed by atoms with Gasteiger partial charge in [-0.3, -0.25) is 9.52 Å². The largest absolute Gasteiger partial charge is 0.352 e. The van der Waals surface area contributed by atoms with Gasteiger partial charge in [-0.15, -0.1) is 0 Å². The third kappa shape index (κ3) is 6.11. The van der Waals surface area contributed by atoms with Crippen LogP contribution in [0.4, 0.5) is 5.69 Å². The second-order valence-corrected chi connectivity index (χ2v) is 10.1. The van der Waals surface area contributed by atoms with Crippen LogP contribution >= 0.6 is 11.6 Å². The van der Waals surface area contributed by atoms with Crippen molar-refractivity contribution in [2.45, 2.75) is 38.0 Å². The van der Waals surface area contributed by atoms with E-state index in [4.69, 9.17) is 11.6 Å². The van der Waals surface area contributed by atoms with Crippen molar-refractivity contribution in [1.29, 1.82) is 0 Å². The molecule has 0 atom stereocenters. The van der Waals surface area contributed by atoms with Crippen molar-refractivity contribution in [3.8, 4) is 0 Å². The van der Waals surface area contributed by atoms with Crippen molar-refractivity contribution < 1.29 is 13.2 Å². The van der Waals surface area contributed by atoms with Crippen molar-refractivity contribution in [2.75, 3.05) is 11.3 Å². The van der Waals surface area contributed by atoms with E-state index in [0.29, 0.717) is 18.9 Å². The number of carbonyl (C=O) groups excluding carboxylic acids is 1. The average Bonchev–Trinajstić information content (AvgIpc) is 2.75. The molecule has 0 fully saturated rings. The molecule has 0 spiro atoms. The van der Waals surface area contributed by atoms with E-state index < -0.39 is 10.0 Å². The van der Waals surface area contributed by atoms with Gasteiger partial charge in [-0.2, -0.15) is 0 Å². The molecule has 0 saturated carbocycles. The summed E-state index contributed by atoms with van der Waals surface area (Å²) in [6.07, 6.45) is 0.682. The topological polar surface area (TPSA) is 75.3 Å². The van der Waals surface area contributed by atoms with Crippen LogP contribution < -0.4 is 10.0 Å². The number of hydrogen-bond acceptors (Lipinski definition) is 3. The molecule has 3 rings (SSSR count). The van der Waals surface area contributed by atoms with Crippen molar-refractivity contribution >= 4 is 33.2 Å². The molecule has 32 heavy (non-hydrogen) atoms. The second-order valence-electron chi connectivity index (χ2n) is 8.02. The third-order valence-electron chi connectivity index (χ3n) is 5.14. The molecule has 0 aromatic heterocycles. The van der Waals surface area contributed by atoms with Crippen LogP contribution in [0.25, 0.3) is 0 Å². The van der Waals surface area contributed by atoms with Crippen LogP contribution in [0.5, 0.6) is 0 Å². The Kier molecular flexibility index (Phi) is 7.59. The van der Waals surface area contributed by atoms with E-state index in [0.717, 1.165) is 11.1 Å². The summed E-state index contributed by atoms with van der Waals surface area (Å²) < 4.78 is 27.8. The van der Waals surface area contributed by atoms with Crippen molar-refractivity contribution in [3.63, 3.8) is 0 Å². The summed E-state index contributed by atoms with van der Waals surface area (Å²) in [6.45, 7) is 6.62. The molecule has 0 aliphatic rings. The molecule has 0 unspecified atom stereocenters. The number of hydrogen-bond donors (Lipinski definition) is 2. The lowest BCUT2D eigenvalue weighted by Gasteiger charge is -2.12. The number of anilines is 1. The first-order valence-corrected chi connectivity index (χ1v) is 12.3. The second kappa shape index (κ2) is 10.2. The molecule has 0 bridgehead atoms. The number of amides is 1. The lowest BCUT2D eigenvalue weighted by atomic mass is 10.0. The van der Waals surface area contributed by atoms with Crippen molar-refractivity contribution in [2.24, 2.45) is 0 Å². The summed E-state index contributed by atoms with van der Waals surface area (Å²) in [5, 5.41) is 3.10. The highest BCUT2D eigenvalue weighted by atomic mass is 35.5. The fourth-order valence-electron chi connectivity index (χ4n) is 3.18. The van der Waals surface area contributed by atoms with Gasteiger partial charge in [0.2, 0.25) is 0 Å². The van der Waals surface area contributed by atoms with E-state index in [2.05, 4.69) is 48.2 Å². The molecular formula is C25H27ClN2O3S. The maximum atomic E-state index is 12.7. The molecular weight excluding hydrogens is 444 g/mol. The first-order chi connectivity index (χ1) is 15.2. The molecule has 0 saturated heterocycles. The summed E-state index contributed by atoms with van der Waals surface area (Å²) >= 11 is 6.20. The van der Waals surface area contributed by atoms with Crippen molar-refractivity contribution in [3.05, 3.63) is 94.0 Å². The minimum atomic E-state index is -3.77. The SMILES string of the molecule is Cc1ccc(S(=O)(=O)Nc2ccc(Cl)c(C(=O)NCCc3ccc(C(C)C)cc3)c2)cc1. The zero-order valence-electron chi connectivity index (χ0n) is 18.4. The maximum absolute atomic E-state index is 12.7. The first kappa shape index (κ1) is 23.8. The van der Waals surface area contributed by atoms with E-state index in [-0.39, 0.29) is 27.1 Å². The van der Waals surface area contributed by atoms with Gasteiger partial charge in [-0.25, -0.2) is 8.42 Å². The molecule has 3 aromatic carbocycles. The Hall–Kier alpha value is -2.83. The fraction of sp³-hybridized carbons (Fsp3) is 0.240. The molecule has 168 valence electrons. The van der Waals surface area contributed by atoms with Gasteiger partial charge in [0, 0.05) is 12.2 Å². The quantitative estimate of drug-likeness (QED) is 0.453. The zero-order valence-corrected chi connectivity index (χ0v) is 19.9. The van der Waals surface area contributed by atoms with Gasteiger partial charge in [0.05, 0.1) is 15.5 Å². The van der Waals surface area contributed by atoms with Gasteiger partial charge in [0.15, 0.2) is 0 Å². The van der Waals surface area contributed by atoms with E-state index in [1.807, 2.05) is 6.92 Å². The average molecular weight is 471 g/mol. The van der Waals surface area contributed by atoms with Crippen LogP contribution in [0.1, 0.15) is 46.8 Å². The van der Waals surface area contributed by atoms with Gasteiger partial charge in [-0.1, -0.05) is 67.4 Å². The lowest BCUT2D eigenvalue weighted by Crippen LogP contribution is -2.26. The van der Waals surface area contributed by atoms with Crippen LogP contribution in [-0.2, 0) is 16.4 Å². The van der Waals surface area contributed by atoms with E-state index >= 15 is 0 Å². The Labute approximate surface area is 194 Å². The number of rotatable bonds is 8. The Morgan fingerprint density at radius 2 is 1.62 bits per heavy atom. The third-order valence-corrected chi connectivity index (χ3v) is 6.87. The minimum Gasteiger partial charge on any atom is -0.352 e. The van der Waals surface area contributed by atoms with E-state index in [1.165, 1.54) is 35.9 Å². The van der Waals surface area contributed by atoms with Gasteiger partial charge >= 0.3 is 0 Å². The summed E-state index contributed by atoms with van der Waals surface area (Å²) in [4.78, 5) is 12.8. The van der Waals surface area contributed by atoms with Gasteiger partial charge in [0.25, 0.3) is 15.9 Å². The summed E-state index contributed by atoms with van der Waals surface area (Å²) in [7, 11) is -3.77. The van der Waals surface area contributed by atoms with Gasteiger partial charge in [-0.05, 0) is 60.7 Å². The number of sulfonamides is 1. The van der Waals surface area contributed by atoms with Gasteiger partial charge in [0.1, 0.15) is 0 Å². The number of halogens is 1. The molecule has 5 nitrogen and oxygen atoms in total. The predicted molar refractivity (Wildman–Crippen MR) is 130 cm³/mol. The summed E-state index contributed by atoms with van der Waals surface area (Å²) in [5.41, 5.74) is 3.84. The standard InChI is InChI=1S/C25H27ClN2O3S/c1-17(2)20-8-6-19(7-9-20)14-15-27-25(29)23-16-21(10-13-24(23)26)28-32(30,31)22-11-4-18(3)5-12-22/h4-13,16-17,28H,14-15H2,1-3H3,(H,27,29). The molecule has 0 radical (unpaired) electrons. The number of benzene rings is 3. The Balaban J connectivity index is 1.65. The smallest absolute Gasteiger partial charge is 0.261 e. The molecule has 0 heterocycles. The number of aryl methyl sites for hydroxylation is 1. The monoisotopic (exact) mass is 470 g/mol. The molecule has 0 aliphatic carbocycles. The molecule has 7 heteroatoms. The Morgan fingerprint density at radius 3 is 2.25 bits per heavy atom. The molecule has 3 aromatic rings. The van der Waals surface area contributed by atoms with Crippen LogP contribution in [-0.4, -0.2) is 20.9 Å². The number of carbonyl (C=O) groups is 1. The minimum absolute atomic E-state index is 0.146. The molecule has 2 N–H and O–H groups in total. The van der Waals surface area contributed by atoms with Crippen LogP contribution in [0, 0.1) is 6.92 Å². The normalized spacial score (nSPS) is 11.4. The lowest BCUT2D eigenvalue weighted by molar-refractivity contribution is 0.0954. The maximum Gasteiger partial charge on any atom is 0.261 e. The van der Waals surface area contributed by atoms with Crippen LogP contribution in [0.2, 0.25) is 5.02 Å². The zero-order chi connectivity index (χ0) is 23.3. The van der Waals surface area contributed by atoms with E-state index in [9.17, 15) is 13.2 Å². The van der Waals surface area contributed by atoms with Crippen LogP contribution in [0.15, 0.2) is 71.6 Å². The molecule has 1 amide bonds. The van der Waals surface area contributed by atoms with Gasteiger partial charge < -0.3 is 5.32 Å². The first-order valence-electron chi connectivity index (χ1n) is 10.4. The Morgan fingerprint density at radius 1 is 0.969 bits per heavy atom. The van der Waals surface area contributed by atoms with E-state index in [1.54, 1.807) is 12.1 Å². The Bertz CT molecular complexity index is 1190. The number of nitrogens with one attached hydrogen (secondary N) is 2. The highest BCUT2D eigenvalue weighted by Crippen LogP contribution is 2.23. The highest BCUT2D eigenvalue weighted by molar-refractivity contribution is 7.92. The summed E-state index contributed by atoms with van der Waals surface area (Å²) in [5.74, 6) is 0.117. The predicted octanol–water partition coefficient (Wildman–Crippen LogP) is 5.55. The van der Waals surface area contributed by atoms with Crippen LogP contribution in [0.3, 0.4) is 0 Å². The fourth-order valence-corrected chi connectivity index (χ4v) is 4.43. The molecule has 0 aliphatic heterocycles.